The zero-order valence-electron chi connectivity index (χ0n) is 17.9. The number of nitrogens with one attached hydrogen (secondary N) is 2. The second-order valence-corrected chi connectivity index (χ2v) is 8.77. The van der Waals surface area contributed by atoms with Crippen molar-refractivity contribution >= 4 is 21.8 Å². The number of H-pyrrole nitrogens is 2. The SMILES string of the molecule is NCCCc1ccc2[nH]c(=O)c(-c3cc4cc(CN5CCCCC5)ccc4[nH]3)cc2c1. The fourth-order valence-corrected chi connectivity index (χ4v) is 4.72. The van der Waals surface area contributed by atoms with Gasteiger partial charge in [0.15, 0.2) is 0 Å². The molecule has 0 bridgehead atoms. The number of likely N-dealkylation sites (tertiary alicyclic amines) is 1. The molecule has 0 saturated carbocycles. The van der Waals surface area contributed by atoms with Gasteiger partial charge in [-0.3, -0.25) is 9.69 Å². The molecule has 5 nitrogen and oxygen atoms in total. The van der Waals surface area contributed by atoms with Gasteiger partial charge in [-0.15, -0.1) is 0 Å². The maximum absolute atomic E-state index is 12.8. The van der Waals surface area contributed by atoms with Crippen molar-refractivity contribution in [1.29, 1.82) is 0 Å². The number of rotatable bonds is 6. The smallest absolute Gasteiger partial charge is 0.257 e. The molecule has 0 radical (unpaired) electrons. The van der Waals surface area contributed by atoms with E-state index >= 15 is 0 Å². The maximum Gasteiger partial charge on any atom is 0.257 e. The van der Waals surface area contributed by atoms with E-state index in [0.717, 1.165) is 46.9 Å². The van der Waals surface area contributed by atoms with Crippen LogP contribution in [0, 0.1) is 0 Å². The number of aryl methyl sites for hydroxylation is 1. The van der Waals surface area contributed by atoms with Gasteiger partial charge < -0.3 is 15.7 Å². The molecule has 4 aromatic rings. The molecule has 1 aliphatic heterocycles. The van der Waals surface area contributed by atoms with E-state index in [1.165, 1.54) is 43.5 Å². The molecule has 4 N–H and O–H groups in total. The van der Waals surface area contributed by atoms with Gasteiger partial charge in [0.25, 0.3) is 5.56 Å². The second-order valence-electron chi connectivity index (χ2n) is 8.77. The third-order valence-corrected chi connectivity index (χ3v) is 6.41. The van der Waals surface area contributed by atoms with Gasteiger partial charge in [0.1, 0.15) is 0 Å². The fourth-order valence-electron chi connectivity index (χ4n) is 4.72. The van der Waals surface area contributed by atoms with Crippen molar-refractivity contribution in [3.05, 3.63) is 70.0 Å². The van der Waals surface area contributed by atoms with Crippen LogP contribution in [-0.4, -0.2) is 34.5 Å². The Morgan fingerprint density at radius 1 is 0.839 bits per heavy atom. The van der Waals surface area contributed by atoms with E-state index in [1.807, 2.05) is 12.1 Å². The van der Waals surface area contributed by atoms with Crippen molar-refractivity contribution in [2.45, 2.75) is 38.6 Å². The molecule has 0 atom stereocenters. The number of piperidine rings is 1. The summed E-state index contributed by atoms with van der Waals surface area (Å²) in [6.07, 6.45) is 5.87. The highest BCUT2D eigenvalue weighted by atomic mass is 16.1. The molecule has 0 unspecified atom stereocenters. The number of aromatic amines is 2. The highest BCUT2D eigenvalue weighted by molar-refractivity contribution is 5.89. The predicted octanol–water partition coefficient (Wildman–Crippen LogP) is 4.55. The molecule has 0 spiro atoms. The first-order chi connectivity index (χ1) is 15.2. The molecule has 2 aromatic heterocycles. The number of benzene rings is 2. The Balaban J connectivity index is 1.47. The number of nitrogens with zero attached hydrogens (tertiary/aromatic N) is 1. The van der Waals surface area contributed by atoms with Gasteiger partial charge in [-0.05, 0) is 98.2 Å². The summed E-state index contributed by atoms with van der Waals surface area (Å²) in [5, 5.41) is 2.20. The summed E-state index contributed by atoms with van der Waals surface area (Å²) in [5.74, 6) is 0. The Kier molecular flexibility index (Phi) is 5.62. The predicted molar refractivity (Wildman–Crippen MR) is 128 cm³/mol. The average Bonchev–Trinajstić information content (AvgIpc) is 3.21. The van der Waals surface area contributed by atoms with Crippen LogP contribution >= 0.6 is 0 Å². The molecule has 0 aliphatic carbocycles. The van der Waals surface area contributed by atoms with Crippen molar-refractivity contribution in [3.63, 3.8) is 0 Å². The third kappa shape index (κ3) is 4.29. The number of pyridine rings is 1. The van der Waals surface area contributed by atoms with Gasteiger partial charge in [0.05, 0.1) is 11.3 Å². The van der Waals surface area contributed by atoms with E-state index in [-0.39, 0.29) is 5.56 Å². The summed E-state index contributed by atoms with van der Waals surface area (Å²) in [4.78, 5) is 21.8. The van der Waals surface area contributed by atoms with E-state index in [1.54, 1.807) is 0 Å². The lowest BCUT2D eigenvalue weighted by Gasteiger charge is -2.26. The Morgan fingerprint density at radius 2 is 1.55 bits per heavy atom. The average molecular weight is 415 g/mol. The fraction of sp³-hybridized carbons (Fsp3) is 0.346. The monoisotopic (exact) mass is 414 g/mol. The van der Waals surface area contributed by atoms with Crippen molar-refractivity contribution in [1.82, 2.24) is 14.9 Å². The van der Waals surface area contributed by atoms with Crippen molar-refractivity contribution in [2.75, 3.05) is 19.6 Å². The summed E-state index contributed by atoms with van der Waals surface area (Å²) in [6, 6.07) is 16.9. The molecule has 1 aliphatic rings. The molecule has 1 saturated heterocycles. The Bertz CT molecular complexity index is 1260. The quantitative estimate of drug-likeness (QED) is 0.433. The summed E-state index contributed by atoms with van der Waals surface area (Å²) in [6.45, 7) is 4.06. The second kappa shape index (κ2) is 8.69. The van der Waals surface area contributed by atoms with Crippen LogP contribution in [0.15, 0.2) is 53.3 Å². The topological polar surface area (TPSA) is 77.9 Å². The lowest BCUT2D eigenvalue weighted by atomic mass is 10.0. The van der Waals surface area contributed by atoms with Crippen LogP contribution in [0.5, 0.6) is 0 Å². The van der Waals surface area contributed by atoms with E-state index in [0.29, 0.717) is 12.1 Å². The summed E-state index contributed by atoms with van der Waals surface area (Å²) >= 11 is 0. The van der Waals surface area contributed by atoms with Gasteiger partial charge in [-0.1, -0.05) is 18.6 Å². The van der Waals surface area contributed by atoms with Crippen molar-refractivity contribution in [3.8, 4) is 11.3 Å². The highest BCUT2D eigenvalue weighted by Crippen LogP contribution is 2.26. The van der Waals surface area contributed by atoms with Gasteiger partial charge >= 0.3 is 0 Å². The Morgan fingerprint density at radius 3 is 2.35 bits per heavy atom. The first-order valence-electron chi connectivity index (χ1n) is 11.4. The van der Waals surface area contributed by atoms with E-state index in [4.69, 9.17) is 5.73 Å². The molecule has 1 fully saturated rings. The van der Waals surface area contributed by atoms with Crippen LogP contribution in [-0.2, 0) is 13.0 Å². The lowest BCUT2D eigenvalue weighted by Crippen LogP contribution is -2.28. The standard InChI is InChI=1S/C26H30N4O/c27-10-4-5-18-6-8-24-20(13-18)15-22(26(31)29-24)25-16-21-14-19(7-9-23(21)28-25)17-30-11-2-1-3-12-30/h6-9,13-16,28H,1-5,10-12,17,27H2,(H,29,31). The zero-order valence-corrected chi connectivity index (χ0v) is 17.9. The van der Waals surface area contributed by atoms with Gasteiger partial charge in [-0.2, -0.15) is 0 Å². The van der Waals surface area contributed by atoms with Gasteiger partial charge in [0, 0.05) is 23.0 Å². The minimum Gasteiger partial charge on any atom is -0.354 e. The maximum atomic E-state index is 12.8. The molecule has 160 valence electrons. The highest BCUT2D eigenvalue weighted by Gasteiger charge is 2.13. The number of hydrogen-bond acceptors (Lipinski definition) is 3. The van der Waals surface area contributed by atoms with Crippen LogP contribution in [0.2, 0.25) is 0 Å². The number of hydrogen-bond donors (Lipinski definition) is 3. The summed E-state index contributed by atoms with van der Waals surface area (Å²) in [7, 11) is 0. The number of fused-ring (bicyclic) bond motifs is 2. The van der Waals surface area contributed by atoms with Crippen LogP contribution in [0.4, 0.5) is 0 Å². The van der Waals surface area contributed by atoms with E-state index in [9.17, 15) is 4.79 Å². The van der Waals surface area contributed by atoms with Crippen LogP contribution < -0.4 is 11.3 Å². The zero-order chi connectivity index (χ0) is 21.2. The normalized spacial score (nSPS) is 15.1. The number of aromatic nitrogens is 2. The summed E-state index contributed by atoms with van der Waals surface area (Å²) in [5.41, 5.74) is 11.6. The summed E-state index contributed by atoms with van der Waals surface area (Å²) < 4.78 is 0. The molecule has 0 amide bonds. The molecule has 31 heavy (non-hydrogen) atoms. The van der Waals surface area contributed by atoms with Gasteiger partial charge in [0.2, 0.25) is 0 Å². The van der Waals surface area contributed by atoms with Crippen LogP contribution in [0.1, 0.15) is 36.8 Å². The van der Waals surface area contributed by atoms with Crippen molar-refractivity contribution in [2.24, 2.45) is 5.73 Å². The molecule has 5 heteroatoms. The van der Waals surface area contributed by atoms with E-state index in [2.05, 4.69) is 51.3 Å². The molecule has 5 rings (SSSR count). The van der Waals surface area contributed by atoms with Gasteiger partial charge in [-0.25, -0.2) is 0 Å². The van der Waals surface area contributed by atoms with Crippen molar-refractivity contribution < 1.29 is 0 Å². The first kappa shape index (κ1) is 20.0. The van der Waals surface area contributed by atoms with Crippen LogP contribution in [0.25, 0.3) is 33.1 Å². The molecule has 3 heterocycles. The van der Waals surface area contributed by atoms with E-state index < -0.39 is 0 Å². The molecular formula is C26H30N4O. The Hall–Kier alpha value is -2.89. The first-order valence-corrected chi connectivity index (χ1v) is 11.4. The third-order valence-electron chi connectivity index (χ3n) is 6.41. The largest absolute Gasteiger partial charge is 0.354 e. The Labute approximate surface area is 182 Å². The lowest BCUT2D eigenvalue weighted by molar-refractivity contribution is 0.221. The molecule has 2 aromatic carbocycles. The van der Waals surface area contributed by atoms with Crippen LogP contribution in [0.3, 0.4) is 0 Å². The number of nitrogens with two attached hydrogens (primary N) is 1. The molecular weight excluding hydrogens is 384 g/mol. The minimum absolute atomic E-state index is 0.0673. The minimum atomic E-state index is -0.0673.